The summed E-state index contributed by atoms with van der Waals surface area (Å²) in [6.07, 6.45) is -6.79. The molecule has 3 fully saturated rings. The molecule has 0 radical (unpaired) electrons. The Labute approximate surface area is 261 Å². The van der Waals surface area contributed by atoms with Gasteiger partial charge < -0.3 is 50.0 Å². The van der Waals surface area contributed by atoms with Crippen molar-refractivity contribution in [3.8, 4) is 0 Å². The number of anilines is 2. The van der Waals surface area contributed by atoms with Crippen LogP contribution in [0.1, 0.15) is 12.5 Å². The summed E-state index contributed by atoms with van der Waals surface area (Å²) in [7, 11) is 0. The lowest BCUT2D eigenvalue weighted by Gasteiger charge is -2.28. The Morgan fingerprint density at radius 2 is 1.40 bits per heavy atom. The maximum absolute atomic E-state index is 12.3. The minimum absolute atomic E-state index is 0.0209. The molecule has 4 aromatic rings. The highest BCUT2D eigenvalue weighted by atomic mass is 32.5. The van der Waals surface area contributed by atoms with E-state index in [0.717, 1.165) is 0 Å². The summed E-state index contributed by atoms with van der Waals surface area (Å²) in [5, 5.41) is 22.4. The second kappa shape index (κ2) is 11.3. The summed E-state index contributed by atoms with van der Waals surface area (Å²) in [6.45, 7) is -9.47. The molecule has 7 rings (SSSR count). The highest BCUT2D eigenvalue weighted by molar-refractivity contribution is 8.07. The van der Waals surface area contributed by atoms with Crippen LogP contribution in [-0.4, -0.2) is 104 Å². The number of nitrogens with one attached hydrogen (secondary N) is 1. The van der Waals surface area contributed by atoms with E-state index in [0.29, 0.717) is 11.2 Å². The lowest BCUT2D eigenvalue weighted by atomic mass is 10.1. The summed E-state index contributed by atoms with van der Waals surface area (Å²) < 4.78 is 37.3. The van der Waals surface area contributed by atoms with Crippen LogP contribution in [0.25, 0.3) is 22.3 Å². The van der Waals surface area contributed by atoms with E-state index in [9.17, 15) is 24.8 Å². The van der Waals surface area contributed by atoms with E-state index in [1.807, 2.05) is 0 Å². The number of imidazole rings is 2. The van der Waals surface area contributed by atoms with Gasteiger partial charge in [-0.25, -0.2) is 15.0 Å². The maximum Gasteiger partial charge on any atom is 0.325 e. The number of aromatic amines is 1. The third-order valence-electron chi connectivity index (χ3n) is 7.43. The van der Waals surface area contributed by atoms with Crippen LogP contribution < -0.4 is 17.0 Å². The molecule has 4 bridgehead atoms. The van der Waals surface area contributed by atoms with Gasteiger partial charge in [0.1, 0.15) is 42.1 Å². The predicted octanol–water partition coefficient (Wildman–Crippen LogP) is -1.50. The molecule has 4 aromatic heterocycles. The number of fused-ring (bicyclic) bond motifs is 6. The second-order valence-corrected chi connectivity index (χ2v) is 15.9. The average molecular weight is 706 g/mol. The number of pyridine rings is 1. The van der Waals surface area contributed by atoms with E-state index in [-0.39, 0.29) is 22.8 Å². The van der Waals surface area contributed by atoms with E-state index < -0.39 is 81.3 Å². The van der Waals surface area contributed by atoms with Crippen LogP contribution in [-0.2, 0) is 51.2 Å². The van der Waals surface area contributed by atoms with Crippen LogP contribution in [0, 0.1) is 0 Å². The highest BCUT2D eigenvalue weighted by Gasteiger charge is 2.52. The fourth-order valence-corrected chi connectivity index (χ4v) is 8.19. The van der Waals surface area contributed by atoms with Crippen LogP contribution >= 0.6 is 13.4 Å². The van der Waals surface area contributed by atoms with Gasteiger partial charge in [0.25, 0.3) is 5.56 Å². The molecule has 0 aromatic carbocycles. The molecule has 45 heavy (non-hydrogen) atoms. The Balaban J connectivity index is 1.23. The van der Waals surface area contributed by atoms with Gasteiger partial charge in [0.2, 0.25) is 5.95 Å². The van der Waals surface area contributed by atoms with E-state index in [1.165, 1.54) is 28.0 Å². The molecule has 7 heterocycles. The van der Waals surface area contributed by atoms with Gasteiger partial charge in [0, 0.05) is 6.20 Å². The summed E-state index contributed by atoms with van der Waals surface area (Å²) in [5.74, 6) is -0.216. The second-order valence-electron chi connectivity index (χ2n) is 10.3. The lowest BCUT2D eigenvalue weighted by molar-refractivity contribution is -0.0615. The largest absolute Gasteiger partial charge is 0.397 e. The zero-order valence-corrected chi connectivity index (χ0v) is 26.0. The normalized spacial score (nSPS) is 37.7. The zero-order chi connectivity index (χ0) is 31.8. The average Bonchev–Trinajstić information content (AvgIpc) is 3.72. The fourth-order valence-electron chi connectivity index (χ4n) is 5.36. The first-order valence-corrected chi connectivity index (χ1v) is 18.3. The van der Waals surface area contributed by atoms with Crippen molar-refractivity contribution >= 4 is 71.0 Å². The molecule has 2 unspecified atom stereocenters. The predicted molar refractivity (Wildman–Crippen MR) is 159 cm³/mol. The number of nitrogens with two attached hydrogens (primary N) is 2. The molecule has 3 aliphatic heterocycles. The molecular formula is C21H25N9O11P2S2. The van der Waals surface area contributed by atoms with Crippen LogP contribution in [0.15, 0.2) is 29.7 Å². The number of hydrogen-bond donors (Lipinski definition) is 7. The zero-order valence-electron chi connectivity index (χ0n) is 22.5. The Hall–Kier alpha value is -2.53. The number of aromatic nitrogens is 7. The topological polar surface area (TPSA) is 283 Å². The van der Waals surface area contributed by atoms with Crippen molar-refractivity contribution in [1.29, 1.82) is 0 Å². The maximum atomic E-state index is 12.3. The summed E-state index contributed by atoms with van der Waals surface area (Å²) >= 11 is 10.5. The molecule has 0 saturated carbocycles. The van der Waals surface area contributed by atoms with Crippen LogP contribution in [0.3, 0.4) is 0 Å². The van der Waals surface area contributed by atoms with Crippen molar-refractivity contribution in [1.82, 2.24) is 34.1 Å². The van der Waals surface area contributed by atoms with Crippen LogP contribution in [0.4, 0.5) is 11.6 Å². The Kier molecular flexibility index (Phi) is 7.82. The van der Waals surface area contributed by atoms with E-state index in [2.05, 4.69) is 24.9 Å². The van der Waals surface area contributed by atoms with Gasteiger partial charge in [-0.1, -0.05) is 0 Å². The number of rotatable bonds is 2. The van der Waals surface area contributed by atoms with Gasteiger partial charge in [-0.3, -0.25) is 28.0 Å². The SMILES string of the molecule is Nc1nc2c(ncn2[C@@H]2O[C@@H]3COP(O)(=S)O[C@@H]4[C@H](O)[C@@H](COP(O)(=S)O[C@@H]2[C@@H]3O)O[C@H]4n2cnc3c(N)ccnc32)c(=O)[nH]1. The molecule has 3 saturated heterocycles. The fraction of sp³-hybridized carbons (Fsp3) is 0.476. The van der Waals surface area contributed by atoms with Crippen molar-refractivity contribution in [3.63, 3.8) is 0 Å². The van der Waals surface area contributed by atoms with Gasteiger partial charge in [-0.05, 0) is 29.7 Å². The number of H-pyrrole nitrogens is 1. The molecule has 3 aliphatic rings. The van der Waals surface area contributed by atoms with Crippen LogP contribution in [0.2, 0.25) is 0 Å². The van der Waals surface area contributed by atoms with E-state index >= 15 is 0 Å². The number of aliphatic hydroxyl groups excluding tert-OH is 2. The van der Waals surface area contributed by atoms with Gasteiger partial charge in [-0.15, -0.1) is 0 Å². The molecule has 0 amide bonds. The monoisotopic (exact) mass is 705 g/mol. The van der Waals surface area contributed by atoms with Crippen molar-refractivity contribution in [2.24, 2.45) is 0 Å². The summed E-state index contributed by atoms with van der Waals surface area (Å²) in [5.41, 5.74) is 12.0. The summed E-state index contributed by atoms with van der Waals surface area (Å²) in [4.78, 5) is 53.5. The van der Waals surface area contributed by atoms with Gasteiger partial charge >= 0.3 is 13.4 Å². The Morgan fingerprint density at radius 1 is 0.867 bits per heavy atom. The lowest BCUT2D eigenvalue weighted by Crippen LogP contribution is -2.38. The third-order valence-corrected chi connectivity index (χ3v) is 10.5. The number of hydrogen-bond acceptors (Lipinski definition) is 17. The number of aliphatic hydroxyl groups is 2. The minimum atomic E-state index is -4.21. The quantitative estimate of drug-likeness (QED) is 0.117. The first kappa shape index (κ1) is 31.1. The first-order chi connectivity index (χ1) is 21.3. The number of nitrogens with zero attached hydrogens (tertiary/aromatic N) is 6. The first-order valence-electron chi connectivity index (χ1n) is 13.1. The molecule has 20 nitrogen and oxygen atoms in total. The standard InChI is InChI=1S/C21H25N9O11P2S2/c22-7-1-2-24-16-10(7)25-5-29(16)19-14-12(31)8(38-19)3-36-43(35,45)41-15-13(32)9(4-37-42(34,44)40-14)39-20(15)30-6-26-11-17(30)27-21(23)28-18(11)33/h1-2,5-6,8-9,12-15,19-20,31-32H,3-4H2,(H2,22,24)(H,34,44)(H,35,45)(H3,23,27,28,33)/t8-,9-,12-,13-,14-,15-,19-,20-,42?,43?/m1/s1. The molecule has 24 heteroatoms. The third kappa shape index (κ3) is 5.59. The molecule has 0 spiro atoms. The van der Waals surface area contributed by atoms with Gasteiger partial charge in [-0.2, -0.15) is 4.98 Å². The molecule has 242 valence electrons. The summed E-state index contributed by atoms with van der Waals surface area (Å²) in [6, 6.07) is 1.56. The van der Waals surface area contributed by atoms with Crippen LogP contribution in [0.5, 0.6) is 0 Å². The van der Waals surface area contributed by atoms with Gasteiger partial charge in [0.15, 0.2) is 29.3 Å². The van der Waals surface area contributed by atoms with Crippen molar-refractivity contribution in [2.75, 3.05) is 24.7 Å². The molecule has 0 aliphatic carbocycles. The molecule has 10 atom stereocenters. The van der Waals surface area contributed by atoms with E-state index in [4.69, 9.17) is 62.6 Å². The Morgan fingerprint density at radius 3 is 1.98 bits per heavy atom. The van der Waals surface area contributed by atoms with Crippen molar-refractivity contribution in [2.45, 2.75) is 49.1 Å². The number of nitrogen functional groups attached to an aromatic ring is 2. The molecular weight excluding hydrogens is 680 g/mol. The van der Waals surface area contributed by atoms with E-state index in [1.54, 1.807) is 6.07 Å². The van der Waals surface area contributed by atoms with Gasteiger partial charge in [0.05, 0.1) is 31.6 Å². The molecule has 9 N–H and O–H groups in total. The van der Waals surface area contributed by atoms with Crippen molar-refractivity contribution in [3.05, 3.63) is 35.3 Å². The number of ether oxygens (including phenoxy) is 2. The smallest absolute Gasteiger partial charge is 0.325 e. The van der Waals surface area contributed by atoms with Crippen molar-refractivity contribution < 1.29 is 47.6 Å². The Bertz CT molecular complexity index is 1940. The highest BCUT2D eigenvalue weighted by Crippen LogP contribution is 2.54. The minimum Gasteiger partial charge on any atom is -0.397 e.